The largest absolute Gasteiger partial charge is 0.382 e. The number of carbonyl (C=O) groups excluding carboxylic acids is 1. The molecule has 0 aliphatic carbocycles. The molecule has 3 rings (SSSR count). The van der Waals surface area contributed by atoms with Crippen LogP contribution in [0.25, 0.3) is 0 Å². The average molecular weight is 343 g/mol. The molecule has 1 aliphatic heterocycles. The van der Waals surface area contributed by atoms with E-state index in [1.807, 2.05) is 61.5 Å². The third kappa shape index (κ3) is 3.95. The van der Waals surface area contributed by atoms with Crippen molar-refractivity contribution in [2.24, 2.45) is 5.16 Å². The van der Waals surface area contributed by atoms with Crippen LogP contribution in [0.1, 0.15) is 30.5 Å². The van der Waals surface area contributed by atoms with Crippen molar-refractivity contribution in [2.75, 3.05) is 0 Å². The zero-order valence-corrected chi connectivity index (χ0v) is 14.2. The van der Waals surface area contributed by atoms with Crippen LogP contribution in [0.15, 0.2) is 59.8 Å². The second-order valence-corrected chi connectivity index (χ2v) is 6.28. The molecule has 0 unspecified atom stereocenters. The van der Waals surface area contributed by atoms with E-state index in [1.165, 1.54) is 0 Å². The van der Waals surface area contributed by atoms with Crippen molar-refractivity contribution >= 4 is 23.2 Å². The van der Waals surface area contributed by atoms with Gasteiger partial charge >= 0.3 is 0 Å². The fourth-order valence-corrected chi connectivity index (χ4v) is 3.01. The minimum Gasteiger partial charge on any atom is -0.382 e. The highest BCUT2D eigenvalue weighted by atomic mass is 35.5. The van der Waals surface area contributed by atoms with Crippen molar-refractivity contribution in [3.05, 3.63) is 70.7 Å². The molecule has 0 aromatic heterocycles. The molecule has 5 heteroatoms. The first-order valence-electron chi connectivity index (χ1n) is 7.94. The molecule has 0 spiro atoms. The van der Waals surface area contributed by atoms with E-state index < -0.39 is 6.10 Å². The van der Waals surface area contributed by atoms with Crippen molar-refractivity contribution in [2.45, 2.75) is 31.9 Å². The lowest BCUT2D eigenvalue weighted by Crippen LogP contribution is -2.36. The number of carbonyl (C=O) groups is 1. The van der Waals surface area contributed by atoms with Crippen molar-refractivity contribution in [3.63, 3.8) is 0 Å². The van der Waals surface area contributed by atoms with E-state index in [4.69, 9.17) is 16.4 Å². The fourth-order valence-electron chi connectivity index (χ4n) is 2.71. The minimum atomic E-state index is -0.575. The molecule has 1 heterocycles. The summed E-state index contributed by atoms with van der Waals surface area (Å²) in [6.45, 7) is 1.90. The molecule has 1 N–H and O–H groups in total. The van der Waals surface area contributed by atoms with Gasteiger partial charge in [-0.1, -0.05) is 65.3 Å². The van der Waals surface area contributed by atoms with Crippen LogP contribution in [0.5, 0.6) is 0 Å². The highest BCUT2D eigenvalue weighted by Gasteiger charge is 2.29. The van der Waals surface area contributed by atoms with Gasteiger partial charge in [-0.05, 0) is 24.1 Å². The summed E-state index contributed by atoms with van der Waals surface area (Å²) < 4.78 is 0. The SMILES string of the molecule is C[C@H](NC(=O)[C@H]1CC(Cc2ccccc2)=NO1)c1ccccc1Cl. The highest BCUT2D eigenvalue weighted by Crippen LogP contribution is 2.23. The Bertz CT molecular complexity index is 746. The standard InChI is InChI=1S/C19H19ClN2O2/c1-13(16-9-5-6-10-17(16)20)21-19(23)18-12-15(22-24-18)11-14-7-3-2-4-8-14/h2-10,13,18H,11-12H2,1H3,(H,21,23)/t13-,18+/m0/s1. The predicted molar refractivity (Wildman–Crippen MR) is 95.1 cm³/mol. The number of oxime groups is 1. The summed E-state index contributed by atoms with van der Waals surface area (Å²) in [7, 11) is 0. The van der Waals surface area contributed by atoms with Gasteiger partial charge in [0, 0.05) is 17.9 Å². The fraction of sp³-hybridized carbons (Fsp3) is 0.263. The lowest BCUT2D eigenvalue weighted by atomic mass is 10.0. The third-order valence-corrected chi connectivity index (χ3v) is 4.35. The van der Waals surface area contributed by atoms with Crippen LogP contribution < -0.4 is 5.32 Å². The molecule has 2 aromatic rings. The van der Waals surface area contributed by atoms with Crippen molar-refractivity contribution in [1.29, 1.82) is 0 Å². The van der Waals surface area contributed by atoms with Crippen LogP contribution in [0.4, 0.5) is 0 Å². The van der Waals surface area contributed by atoms with E-state index in [0.29, 0.717) is 17.9 Å². The maximum atomic E-state index is 12.4. The molecule has 2 aromatic carbocycles. The first-order valence-corrected chi connectivity index (χ1v) is 8.31. The molecule has 4 nitrogen and oxygen atoms in total. The van der Waals surface area contributed by atoms with Gasteiger partial charge in [-0.3, -0.25) is 4.79 Å². The van der Waals surface area contributed by atoms with Crippen LogP contribution in [-0.2, 0) is 16.1 Å². The third-order valence-electron chi connectivity index (χ3n) is 4.00. The van der Waals surface area contributed by atoms with Crippen molar-refractivity contribution in [1.82, 2.24) is 5.32 Å². The normalized spacial score (nSPS) is 17.8. The smallest absolute Gasteiger partial charge is 0.264 e. The van der Waals surface area contributed by atoms with Gasteiger partial charge in [0.1, 0.15) is 0 Å². The first-order chi connectivity index (χ1) is 11.6. The van der Waals surface area contributed by atoms with Crippen LogP contribution in [0.3, 0.4) is 0 Å². The van der Waals surface area contributed by atoms with Gasteiger partial charge in [-0.2, -0.15) is 0 Å². The number of rotatable bonds is 5. The summed E-state index contributed by atoms with van der Waals surface area (Å²) in [6, 6.07) is 17.3. The molecule has 2 atom stereocenters. The van der Waals surface area contributed by atoms with E-state index in [1.54, 1.807) is 0 Å². The second kappa shape index (κ2) is 7.49. The molecule has 0 bridgehead atoms. The number of benzene rings is 2. The maximum Gasteiger partial charge on any atom is 0.264 e. The number of hydrogen-bond donors (Lipinski definition) is 1. The Morgan fingerprint density at radius 3 is 2.71 bits per heavy atom. The second-order valence-electron chi connectivity index (χ2n) is 5.87. The van der Waals surface area contributed by atoms with Gasteiger partial charge in [0.2, 0.25) is 6.10 Å². The summed E-state index contributed by atoms with van der Waals surface area (Å²) >= 11 is 6.17. The molecule has 24 heavy (non-hydrogen) atoms. The van der Waals surface area contributed by atoms with Crippen LogP contribution in [0.2, 0.25) is 5.02 Å². The predicted octanol–water partition coefficient (Wildman–Crippen LogP) is 3.90. The van der Waals surface area contributed by atoms with Gasteiger partial charge in [-0.25, -0.2) is 0 Å². The molecule has 1 aliphatic rings. The quantitative estimate of drug-likeness (QED) is 0.895. The Morgan fingerprint density at radius 2 is 1.96 bits per heavy atom. The van der Waals surface area contributed by atoms with E-state index >= 15 is 0 Å². The van der Waals surface area contributed by atoms with Gasteiger partial charge in [0.05, 0.1) is 11.8 Å². The Hall–Kier alpha value is -2.33. The summed E-state index contributed by atoms with van der Waals surface area (Å²) in [4.78, 5) is 17.7. The molecule has 0 saturated heterocycles. The molecule has 124 valence electrons. The van der Waals surface area contributed by atoms with E-state index in [9.17, 15) is 4.79 Å². The van der Waals surface area contributed by atoms with E-state index in [-0.39, 0.29) is 11.9 Å². The van der Waals surface area contributed by atoms with Crippen LogP contribution >= 0.6 is 11.6 Å². The zero-order valence-electron chi connectivity index (χ0n) is 13.4. The lowest BCUT2D eigenvalue weighted by molar-refractivity contribution is -0.131. The van der Waals surface area contributed by atoms with Crippen LogP contribution in [-0.4, -0.2) is 17.7 Å². The number of hydrogen-bond acceptors (Lipinski definition) is 3. The topological polar surface area (TPSA) is 50.7 Å². The number of nitrogens with zero attached hydrogens (tertiary/aromatic N) is 1. The number of halogens is 1. The summed E-state index contributed by atoms with van der Waals surface area (Å²) in [5.74, 6) is -0.172. The Labute approximate surface area is 146 Å². The maximum absolute atomic E-state index is 12.4. The van der Waals surface area contributed by atoms with E-state index in [0.717, 1.165) is 16.8 Å². The molecule has 1 amide bonds. The molecule has 0 saturated carbocycles. The average Bonchev–Trinajstić information content (AvgIpc) is 3.04. The Morgan fingerprint density at radius 1 is 1.25 bits per heavy atom. The van der Waals surface area contributed by atoms with Crippen LogP contribution in [0, 0.1) is 0 Å². The van der Waals surface area contributed by atoms with E-state index in [2.05, 4.69) is 10.5 Å². The van der Waals surface area contributed by atoms with Gasteiger partial charge < -0.3 is 10.2 Å². The summed E-state index contributed by atoms with van der Waals surface area (Å²) in [5.41, 5.74) is 2.92. The first kappa shape index (κ1) is 16.5. The molecular formula is C19H19ClN2O2. The van der Waals surface area contributed by atoms with Gasteiger partial charge in [0.25, 0.3) is 5.91 Å². The molecular weight excluding hydrogens is 324 g/mol. The van der Waals surface area contributed by atoms with Gasteiger partial charge in [-0.15, -0.1) is 0 Å². The summed E-state index contributed by atoms with van der Waals surface area (Å²) in [6.07, 6.45) is 0.634. The molecule has 0 radical (unpaired) electrons. The highest BCUT2D eigenvalue weighted by molar-refractivity contribution is 6.31. The van der Waals surface area contributed by atoms with Gasteiger partial charge in [0.15, 0.2) is 0 Å². The number of amides is 1. The number of nitrogens with one attached hydrogen (secondary N) is 1. The van der Waals surface area contributed by atoms with Crippen molar-refractivity contribution in [3.8, 4) is 0 Å². The Kier molecular flexibility index (Phi) is 5.16. The molecule has 0 fully saturated rings. The zero-order chi connectivity index (χ0) is 16.9. The summed E-state index contributed by atoms with van der Waals surface area (Å²) in [5, 5.41) is 7.64. The van der Waals surface area contributed by atoms with Crippen molar-refractivity contribution < 1.29 is 9.63 Å². The Balaban J connectivity index is 1.55. The lowest BCUT2D eigenvalue weighted by Gasteiger charge is -2.17. The monoisotopic (exact) mass is 342 g/mol. The minimum absolute atomic E-state index is 0.172.